The molecule has 0 saturated carbocycles. The summed E-state index contributed by atoms with van der Waals surface area (Å²) < 4.78 is 8.71. The van der Waals surface area contributed by atoms with Crippen LogP contribution in [0.4, 0.5) is 0 Å². The molecule has 0 bridgehead atoms. The number of nitriles is 1. The number of ether oxygens (including phenoxy) is 1. The topological polar surface area (TPSA) is 50.8 Å². The molecule has 3 rings (SSSR count). The van der Waals surface area contributed by atoms with Crippen LogP contribution >= 0.6 is 27.5 Å². The molecule has 0 aliphatic carbocycles. The van der Waals surface area contributed by atoms with E-state index in [0.29, 0.717) is 17.2 Å². The molecule has 25 heavy (non-hydrogen) atoms. The van der Waals surface area contributed by atoms with Gasteiger partial charge in [0.15, 0.2) is 0 Å². The third-order valence-corrected chi connectivity index (χ3v) is 4.80. The van der Waals surface area contributed by atoms with E-state index in [1.807, 2.05) is 48.9 Å². The number of hydrogen-bond donors (Lipinski definition) is 0. The number of benzene rings is 2. The van der Waals surface area contributed by atoms with Crippen LogP contribution < -0.4 is 4.74 Å². The van der Waals surface area contributed by atoms with Gasteiger partial charge in [0.25, 0.3) is 0 Å². The lowest BCUT2D eigenvalue weighted by Crippen LogP contribution is -2.01. The van der Waals surface area contributed by atoms with Crippen molar-refractivity contribution in [3.63, 3.8) is 0 Å². The molecule has 126 valence electrons. The number of aromatic nitrogens is 2. The van der Waals surface area contributed by atoms with Gasteiger partial charge in [-0.2, -0.15) is 10.4 Å². The Labute approximate surface area is 159 Å². The van der Waals surface area contributed by atoms with Crippen molar-refractivity contribution < 1.29 is 4.74 Å². The van der Waals surface area contributed by atoms with Crippen LogP contribution in [0.15, 0.2) is 46.9 Å². The molecule has 0 aliphatic heterocycles. The zero-order valence-electron chi connectivity index (χ0n) is 13.8. The van der Waals surface area contributed by atoms with Crippen molar-refractivity contribution in [1.82, 2.24) is 9.78 Å². The first-order valence-electron chi connectivity index (χ1n) is 7.63. The quantitative estimate of drug-likeness (QED) is 0.575. The van der Waals surface area contributed by atoms with E-state index in [4.69, 9.17) is 21.6 Å². The van der Waals surface area contributed by atoms with Crippen molar-refractivity contribution in [2.24, 2.45) is 0 Å². The first-order valence-corrected chi connectivity index (χ1v) is 8.80. The van der Waals surface area contributed by atoms with Crippen molar-refractivity contribution in [3.05, 3.63) is 74.5 Å². The highest BCUT2D eigenvalue weighted by molar-refractivity contribution is 9.10. The highest BCUT2D eigenvalue weighted by Gasteiger charge is 2.14. The lowest BCUT2D eigenvalue weighted by Gasteiger charge is -2.08. The Morgan fingerprint density at radius 1 is 1.20 bits per heavy atom. The molecular formula is C19H15BrClN3O. The monoisotopic (exact) mass is 415 g/mol. The van der Waals surface area contributed by atoms with Gasteiger partial charge in [0, 0.05) is 15.7 Å². The third-order valence-electron chi connectivity index (χ3n) is 3.96. The van der Waals surface area contributed by atoms with Gasteiger partial charge >= 0.3 is 0 Å². The van der Waals surface area contributed by atoms with Crippen LogP contribution in [0.3, 0.4) is 0 Å². The summed E-state index contributed by atoms with van der Waals surface area (Å²) in [5, 5.41) is 14.0. The molecule has 0 spiro atoms. The zero-order chi connectivity index (χ0) is 18.0. The highest BCUT2D eigenvalue weighted by Crippen LogP contribution is 2.24. The molecule has 4 nitrogen and oxygen atoms in total. The Balaban J connectivity index is 1.87. The standard InChI is InChI=1S/C19H15BrClN3O/c1-12-18(11-25-17-7-4-15(20)5-8-17)13(2)24(23-12)16-6-3-14(10-22)19(21)9-16/h3-9H,11H2,1-2H3. The maximum absolute atomic E-state index is 9.00. The lowest BCUT2D eigenvalue weighted by molar-refractivity contribution is 0.304. The Morgan fingerprint density at radius 2 is 1.92 bits per heavy atom. The minimum absolute atomic E-state index is 0.417. The Morgan fingerprint density at radius 3 is 2.56 bits per heavy atom. The second-order valence-corrected chi connectivity index (χ2v) is 6.90. The zero-order valence-corrected chi connectivity index (χ0v) is 16.1. The first kappa shape index (κ1) is 17.5. The van der Waals surface area contributed by atoms with Gasteiger partial charge in [0.05, 0.1) is 22.0 Å². The molecule has 0 saturated heterocycles. The van der Waals surface area contributed by atoms with Crippen LogP contribution in [0, 0.1) is 25.2 Å². The van der Waals surface area contributed by atoms with E-state index in [1.54, 1.807) is 12.1 Å². The summed E-state index contributed by atoms with van der Waals surface area (Å²) in [6.45, 7) is 4.38. The van der Waals surface area contributed by atoms with Crippen LogP contribution in [0.5, 0.6) is 5.75 Å². The summed E-state index contributed by atoms with van der Waals surface area (Å²) in [5.41, 5.74) is 4.18. The number of rotatable bonds is 4. The molecule has 2 aromatic carbocycles. The summed E-state index contributed by atoms with van der Waals surface area (Å²) in [6.07, 6.45) is 0. The van der Waals surface area contributed by atoms with Gasteiger partial charge in [0.2, 0.25) is 0 Å². The van der Waals surface area contributed by atoms with Crippen molar-refractivity contribution in [1.29, 1.82) is 5.26 Å². The van der Waals surface area contributed by atoms with E-state index >= 15 is 0 Å². The predicted molar refractivity (Wildman–Crippen MR) is 101 cm³/mol. The van der Waals surface area contributed by atoms with Gasteiger partial charge in [-0.05, 0) is 56.3 Å². The summed E-state index contributed by atoms with van der Waals surface area (Å²) in [6, 6.07) is 15.1. The van der Waals surface area contributed by atoms with Crippen molar-refractivity contribution in [2.45, 2.75) is 20.5 Å². The fraction of sp³-hybridized carbons (Fsp3) is 0.158. The minimum Gasteiger partial charge on any atom is -0.489 e. The molecule has 0 atom stereocenters. The van der Waals surface area contributed by atoms with Gasteiger partial charge in [-0.1, -0.05) is 27.5 Å². The van der Waals surface area contributed by atoms with Gasteiger partial charge in [-0.25, -0.2) is 4.68 Å². The van der Waals surface area contributed by atoms with E-state index in [2.05, 4.69) is 27.1 Å². The number of hydrogen-bond acceptors (Lipinski definition) is 3. The van der Waals surface area contributed by atoms with E-state index in [-0.39, 0.29) is 0 Å². The summed E-state index contributed by atoms with van der Waals surface area (Å²) in [7, 11) is 0. The molecule has 6 heteroatoms. The molecule has 0 N–H and O–H groups in total. The number of aryl methyl sites for hydroxylation is 1. The fourth-order valence-corrected chi connectivity index (χ4v) is 3.03. The fourth-order valence-electron chi connectivity index (χ4n) is 2.55. The first-order chi connectivity index (χ1) is 12.0. The summed E-state index contributed by atoms with van der Waals surface area (Å²) in [5.74, 6) is 0.802. The van der Waals surface area contributed by atoms with Gasteiger partial charge < -0.3 is 4.74 Å². The Bertz CT molecular complexity index is 958. The van der Waals surface area contributed by atoms with Crippen LogP contribution in [-0.2, 0) is 6.61 Å². The minimum atomic E-state index is 0.417. The van der Waals surface area contributed by atoms with Crippen LogP contribution in [0.25, 0.3) is 5.69 Å². The Kier molecular flexibility index (Phi) is 5.12. The molecule has 0 unspecified atom stereocenters. The van der Waals surface area contributed by atoms with Crippen LogP contribution in [-0.4, -0.2) is 9.78 Å². The van der Waals surface area contributed by atoms with Gasteiger partial charge in [0.1, 0.15) is 18.4 Å². The van der Waals surface area contributed by atoms with Crippen molar-refractivity contribution in [2.75, 3.05) is 0 Å². The molecule has 1 aromatic heterocycles. The lowest BCUT2D eigenvalue weighted by atomic mass is 10.2. The summed E-state index contributed by atoms with van der Waals surface area (Å²) in [4.78, 5) is 0. The second kappa shape index (κ2) is 7.30. The highest BCUT2D eigenvalue weighted by atomic mass is 79.9. The summed E-state index contributed by atoms with van der Waals surface area (Å²) >= 11 is 9.55. The average molecular weight is 417 g/mol. The van der Waals surface area contributed by atoms with Crippen LogP contribution in [0.1, 0.15) is 22.5 Å². The molecule has 3 aromatic rings. The second-order valence-electron chi connectivity index (χ2n) is 5.58. The molecule has 1 heterocycles. The third kappa shape index (κ3) is 3.71. The van der Waals surface area contributed by atoms with Gasteiger partial charge in [-0.3, -0.25) is 0 Å². The molecule has 0 fully saturated rings. The maximum atomic E-state index is 9.00. The van der Waals surface area contributed by atoms with Crippen molar-refractivity contribution >= 4 is 27.5 Å². The Hall–Kier alpha value is -2.29. The molecule has 0 amide bonds. The van der Waals surface area contributed by atoms with Crippen LogP contribution in [0.2, 0.25) is 5.02 Å². The normalized spacial score (nSPS) is 10.5. The number of nitrogens with zero attached hydrogens (tertiary/aromatic N) is 3. The predicted octanol–water partition coefficient (Wildman–Crippen LogP) is 5.36. The SMILES string of the molecule is Cc1nn(-c2ccc(C#N)c(Cl)c2)c(C)c1COc1ccc(Br)cc1. The van der Waals surface area contributed by atoms with Gasteiger partial charge in [-0.15, -0.1) is 0 Å². The smallest absolute Gasteiger partial charge is 0.119 e. The van der Waals surface area contributed by atoms with E-state index < -0.39 is 0 Å². The average Bonchev–Trinajstić information content (AvgIpc) is 2.89. The maximum Gasteiger partial charge on any atom is 0.119 e. The van der Waals surface area contributed by atoms with E-state index in [9.17, 15) is 0 Å². The van der Waals surface area contributed by atoms with E-state index in [0.717, 1.165) is 32.9 Å². The largest absolute Gasteiger partial charge is 0.489 e. The molecular weight excluding hydrogens is 402 g/mol. The molecule has 0 aliphatic rings. The van der Waals surface area contributed by atoms with Crippen molar-refractivity contribution in [3.8, 4) is 17.5 Å². The van der Waals surface area contributed by atoms with E-state index in [1.165, 1.54) is 0 Å². The molecule has 0 radical (unpaired) electrons. The number of halogens is 2.